The van der Waals surface area contributed by atoms with E-state index >= 15 is 0 Å². The second kappa shape index (κ2) is 3.51. The van der Waals surface area contributed by atoms with Gasteiger partial charge in [0.25, 0.3) is 0 Å². The molecule has 0 radical (unpaired) electrons. The van der Waals surface area contributed by atoms with Crippen molar-refractivity contribution in [2.75, 3.05) is 31.8 Å². The first kappa shape index (κ1) is 8.96. The van der Waals surface area contributed by atoms with Gasteiger partial charge in [-0.15, -0.1) is 0 Å². The van der Waals surface area contributed by atoms with Gasteiger partial charge < -0.3 is 9.47 Å². The largest absolute Gasteiger partial charge is 0.384 e. The van der Waals surface area contributed by atoms with Gasteiger partial charge in [-0.05, 0) is 0 Å². The van der Waals surface area contributed by atoms with Crippen LogP contribution in [0.25, 0.3) is 0 Å². The summed E-state index contributed by atoms with van der Waals surface area (Å²) in [5.74, 6) is 0.250. The quantitative estimate of drug-likeness (QED) is 0.532. The van der Waals surface area contributed by atoms with E-state index < -0.39 is 9.84 Å². The maximum atomic E-state index is 11.1. The summed E-state index contributed by atoms with van der Waals surface area (Å²) in [6.45, 7) is 0.862. The third-order valence-electron chi connectivity index (χ3n) is 1.44. The van der Waals surface area contributed by atoms with Crippen molar-refractivity contribution < 1.29 is 17.9 Å². The summed E-state index contributed by atoms with van der Waals surface area (Å²) in [6.07, 6.45) is -0.0446. The minimum atomic E-state index is -2.93. The Hall–Kier alpha value is -0.130. The third-order valence-corrected chi connectivity index (χ3v) is 3.11. The molecule has 1 fully saturated rings. The molecule has 0 saturated carbocycles. The molecule has 0 aromatic carbocycles. The van der Waals surface area contributed by atoms with Crippen LogP contribution in [0.2, 0.25) is 0 Å². The fourth-order valence-corrected chi connectivity index (χ4v) is 2.09. The number of hydrogen-bond donors (Lipinski definition) is 0. The van der Waals surface area contributed by atoms with E-state index in [9.17, 15) is 8.42 Å². The van der Waals surface area contributed by atoms with Gasteiger partial charge in [-0.1, -0.05) is 0 Å². The molecule has 1 rings (SSSR count). The van der Waals surface area contributed by atoms with Crippen molar-refractivity contribution >= 4 is 9.84 Å². The van der Waals surface area contributed by atoms with Crippen LogP contribution in [0, 0.1) is 0 Å². The van der Waals surface area contributed by atoms with Crippen LogP contribution in [-0.4, -0.2) is 46.4 Å². The summed E-state index contributed by atoms with van der Waals surface area (Å²) in [6, 6.07) is 0. The first-order valence-electron chi connectivity index (χ1n) is 3.45. The van der Waals surface area contributed by atoms with E-state index in [0.29, 0.717) is 6.61 Å². The predicted octanol–water partition coefficient (Wildman–Crippen LogP) is -0.554. The fourth-order valence-electron chi connectivity index (χ4n) is 0.741. The molecular weight excluding hydrogens is 168 g/mol. The molecule has 66 valence electrons. The Kier molecular flexibility index (Phi) is 2.86. The minimum Gasteiger partial charge on any atom is -0.384 e. The van der Waals surface area contributed by atoms with Gasteiger partial charge in [0.15, 0.2) is 9.84 Å². The van der Waals surface area contributed by atoms with Crippen molar-refractivity contribution in [3.8, 4) is 0 Å². The number of methoxy groups -OCH3 is 1. The molecule has 0 amide bonds. The van der Waals surface area contributed by atoms with E-state index in [1.165, 1.54) is 7.11 Å². The van der Waals surface area contributed by atoms with Crippen molar-refractivity contribution in [1.82, 2.24) is 0 Å². The van der Waals surface area contributed by atoms with Crippen molar-refractivity contribution in [2.45, 2.75) is 6.10 Å². The molecule has 0 bridgehead atoms. The zero-order chi connectivity index (χ0) is 8.32. The van der Waals surface area contributed by atoms with Crippen LogP contribution >= 0.6 is 0 Å². The predicted molar refractivity (Wildman–Crippen MR) is 40.3 cm³/mol. The Morgan fingerprint density at radius 3 is 2.73 bits per heavy atom. The summed E-state index contributed by atoms with van der Waals surface area (Å²) < 4.78 is 31.6. The van der Waals surface area contributed by atoms with Gasteiger partial charge in [0.2, 0.25) is 0 Å². The minimum absolute atomic E-state index is 0.0446. The van der Waals surface area contributed by atoms with E-state index in [0.717, 1.165) is 0 Å². The Balaban J connectivity index is 2.26. The van der Waals surface area contributed by atoms with Gasteiger partial charge in [0.1, 0.15) is 0 Å². The van der Waals surface area contributed by atoms with Crippen LogP contribution in [-0.2, 0) is 19.3 Å². The lowest BCUT2D eigenvalue weighted by molar-refractivity contribution is 0.217. The smallest absolute Gasteiger partial charge is 0.155 e. The number of epoxide rings is 1. The molecule has 0 N–H and O–H groups in total. The molecule has 1 heterocycles. The normalized spacial score (nSPS) is 23.5. The monoisotopic (exact) mass is 180 g/mol. The van der Waals surface area contributed by atoms with Gasteiger partial charge in [-0.3, -0.25) is 0 Å². The Labute approximate surface area is 66.4 Å². The zero-order valence-corrected chi connectivity index (χ0v) is 7.26. The van der Waals surface area contributed by atoms with Gasteiger partial charge in [0.05, 0.1) is 30.8 Å². The molecule has 0 aliphatic carbocycles. The van der Waals surface area contributed by atoms with Crippen LogP contribution in [0.4, 0.5) is 0 Å². The second-order valence-corrected chi connectivity index (χ2v) is 4.79. The zero-order valence-electron chi connectivity index (χ0n) is 6.45. The Bertz CT molecular complexity index is 205. The highest BCUT2D eigenvalue weighted by Crippen LogP contribution is 2.11. The van der Waals surface area contributed by atoms with E-state index in [-0.39, 0.29) is 24.2 Å². The molecule has 1 aliphatic rings. The molecule has 4 nitrogen and oxygen atoms in total. The summed E-state index contributed by atoms with van der Waals surface area (Å²) in [5.41, 5.74) is 0. The maximum Gasteiger partial charge on any atom is 0.155 e. The van der Waals surface area contributed by atoms with Crippen molar-refractivity contribution in [3.05, 3.63) is 0 Å². The molecule has 1 aliphatic heterocycles. The average Bonchev–Trinajstić information content (AvgIpc) is 2.67. The van der Waals surface area contributed by atoms with E-state index in [1.807, 2.05) is 0 Å². The van der Waals surface area contributed by atoms with Crippen molar-refractivity contribution in [1.29, 1.82) is 0 Å². The Morgan fingerprint density at radius 1 is 1.64 bits per heavy atom. The maximum absolute atomic E-state index is 11.1. The van der Waals surface area contributed by atoms with Gasteiger partial charge in [0, 0.05) is 7.11 Å². The highest BCUT2D eigenvalue weighted by molar-refractivity contribution is 7.91. The molecule has 1 atom stereocenters. The van der Waals surface area contributed by atoms with Crippen LogP contribution in [0.15, 0.2) is 0 Å². The number of ether oxygens (including phenoxy) is 2. The second-order valence-electron chi connectivity index (χ2n) is 2.56. The molecular formula is C6H12O4S. The van der Waals surface area contributed by atoms with Crippen LogP contribution in [0.3, 0.4) is 0 Å². The first-order valence-corrected chi connectivity index (χ1v) is 5.27. The fraction of sp³-hybridized carbons (Fsp3) is 1.00. The van der Waals surface area contributed by atoms with Crippen LogP contribution in [0.1, 0.15) is 0 Å². The highest BCUT2D eigenvalue weighted by atomic mass is 32.2. The van der Waals surface area contributed by atoms with Gasteiger partial charge in [-0.25, -0.2) is 8.42 Å². The lowest BCUT2D eigenvalue weighted by atomic mass is 10.6. The lowest BCUT2D eigenvalue weighted by Crippen LogP contribution is -2.18. The van der Waals surface area contributed by atoms with E-state index in [4.69, 9.17) is 4.74 Å². The topological polar surface area (TPSA) is 55.9 Å². The Morgan fingerprint density at radius 2 is 2.27 bits per heavy atom. The average molecular weight is 180 g/mol. The number of rotatable bonds is 5. The first-order chi connectivity index (χ1) is 5.14. The number of hydrogen-bond acceptors (Lipinski definition) is 4. The molecule has 0 aromatic heterocycles. The van der Waals surface area contributed by atoms with Gasteiger partial charge in [-0.2, -0.15) is 0 Å². The van der Waals surface area contributed by atoms with Crippen LogP contribution in [0.5, 0.6) is 0 Å². The molecule has 1 unspecified atom stereocenters. The molecule has 5 heteroatoms. The lowest BCUT2D eigenvalue weighted by Gasteiger charge is -1.99. The molecule has 1 saturated heterocycles. The van der Waals surface area contributed by atoms with Gasteiger partial charge >= 0.3 is 0 Å². The third kappa shape index (κ3) is 3.69. The molecule has 11 heavy (non-hydrogen) atoms. The molecule has 0 spiro atoms. The van der Waals surface area contributed by atoms with E-state index in [1.54, 1.807) is 0 Å². The summed E-state index contributed by atoms with van der Waals surface area (Å²) in [5, 5.41) is 0. The summed E-state index contributed by atoms with van der Waals surface area (Å²) >= 11 is 0. The number of sulfone groups is 1. The van der Waals surface area contributed by atoms with Crippen molar-refractivity contribution in [2.24, 2.45) is 0 Å². The highest BCUT2D eigenvalue weighted by Gasteiger charge is 2.28. The SMILES string of the molecule is COCCS(=O)(=O)CC1CO1. The summed E-state index contributed by atoms with van der Waals surface area (Å²) in [4.78, 5) is 0. The van der Waals surface area contributed by atoms with Crippen molar-refractivity contribution in [3.63, 3.8) is 0 Å². The summed E-state index contributed by atoms with van der Waals surface area (Å²) in [7, 11) is -1.44. The van der Waals surface area contributed by atoms with Crippen LogP contribution < -0.4 is 0 Å². The van der Waals surface area contributed by atoms with E-state index in [2.05, 4.69) is 4.74 Å². The molecule has 0 aromatic rings. The standard InChI is InChI=1S/C6H12O4S/c1-9-2-3-11(7,8)5-6-4-10-6/h6H,2-5H2,1H3.